The standard InChI is InChI=1S/C60H92N8O12/c1-17-38(9)46(56(76)65(14)47(36(5)6)51(71)61-42(32-35(3)4)54(74)67(16)60(58(78)80-60)59(11,12)79)63-50(70)44-30-25-31-68(44)55(75)45(34-41-28-23-20-24-29-41)64(13)53(73)43(33-40-26-21-19-22-27-40)62-52(72)48(37(7)8)66(15)57(77)49(69)39(10)18-2/h19-24,26-29,35-39,42-49,69,79H,17-18,25,30-34H2,1-16H3,(H,61,71)(H,62,72)(H,63,70)/t38-,39?,42+,43+,44+,45+,46+,47+,48+,49?,60+/m1/s1. The number of benzene rings is 2. The van der Waals surface area contributed by atoms with Crippen molar-refractivity contribution in [3.05, 3.63) is 71.8 Å². The molecule has 80 heavy (non-hydrogen) atoms. The first-order chi connectivity index (χ1) is 37.4. The Morgan fingerprint density at radius 1 is 0.675 bits per heavy atom. The van der Waals surface area contributed by atoms with Crippen molar-refractivity contribution < 1.29 is 58.1 Å². The number of amides is 8. The van der Waals surface area contributed by atoms with Crippen molar-refractivity contribution >= 4 is 53.2 Å². The van der Waals surface area contributed by atoms with Gasteiger partial charge in [-0.25, -0.2) is 4.79 Å². The van der Waals surface area contributed by atoms with Gasteiger partial charge in [0, 0.05) is 47.6 Å². The molecule has 4 rings (SSSR count). The molecule has 0 spiro atoms. The molecular formula is C60H92N8O12. The van der Waals surface area contributed by atoms with Crippen LogP contribution in [0.5, 0.6) is 0 Å². The van der Waals surface area contributed by atoms with Crippen molar-refractivity contribution in [3.63, 3.8) is 0 Å². The fourth-order valence-electron chi connectivity index (χ4n) is 10.8. The Bertz CT molecular complexity index is 2490. The maximum Gasteiger partial charge on any atom is 0.378 e. The molecule has 2 unspecified atom stereocenters. The molecule has 2 heterocycles. The molecule has 2 aliphatic rings. The summed E-state index contributed by atoms with van der Waals surface area (Å²) in [7, 11) is 5.73. The van der Waals surface area contributed by atoms with E-state index in [2.05, 4.69) is 16.0 Å². The molecule has 20 heteroatoms. The van der Waals surface area contributed by atoms with E-state index in [9.17, 15) is 43.8 Å². The monoisotopic (exact) mass is 1120 g/mol. The van der Waals surface area contributed by atoms with Gasteiger partial charge >= 0.3 is 11.7 Å². The summed E-state index contributed by atoms with van der Waals surface area (Å²) >= 11 is 0. The van der Waals surface area contributed by atoms with Crippen molar-refractivity contribution in [2.45, 2.75) is 188 Å². The minimum atomic E-state index is -1.94. The topological polar surface area (TPSA) is 259 Å². The lowest BCUT2D eigenvalue weighted by molar-refractivity contribution is -0.153. The molecule has 20 nitrogen and oxygen atoms in total. The van der Waals surface area contributed by atoms with Crippen LogP contribution in [0.4, 0.5) is 0 Å². The number of hydrogen-bond donors (Lipinski definition) is 5. The van der Waals surface area contributed by atoms with Crippen molar-refractivity contribution in [2.24, 2.45) is 29.6 Å². The zero-order valence-corrected chi connectivity index (χ0v) is 50.1. The number of aliphatic hydroxyl groups excluding tert-OH is 1. The summed E-state index contributed by atoms with van der Waals surface area (Å²) in [6.07, 6.45) is 0.527. The van der Waals surface area contributed by atoms with Gasteiger partial charge in [-0.05, 0) is 73.8 Å². The first-order valence-corrected chi connectivity index (χ1v) is 28.4. The Morgan fingerprint density at radius 3 is 1.60 bits per heavy atom. The summed E-state index contributed by atoms with van der Waals surface area (Å²) in [6, 6.07) is 10.1. The lowest BCUT2D eigenvalue weighted by Gasteiger charge is -2.38. The Kier molecular flexibility index (Phi) is 23.4. The van der Waals surface area contributed by atoms with Crippen LogP contribution in [0, 0.1) is 29.6 Å². The molecule has 0 bridgehead atoms. The zero-order chi connectivity index (χ0) is 60.3. The van der Waals surface area contributed by atoms with Gasteiger partial charge in [0.2, 0.25) is 41.4 Å². The molecule has 0 aromatic heterocycles. The molecule has 8 amide bonds. The number of nitrogens with zero attached hydrogens (tertiary/aromatic N) is 5. The number of rotatable bonds is 28. The van der Waals surface area contributed by atoms with E-state index >= 15 is 9.59 Å². The van der Waals surface area contributed by atoms with Crippen LogP contribution >= 0.6 is 0 Å². The number of nitrogens with one attached hydrogen (secondary N) is 3. The van der Waals surface area contributed by atoms with E-state index in [0.717, 1.165) is 10.5 Å². The summed E-state index contributed by atoms with van der Waals surface area (Å²) in [6.45, 7) is 20.8. The van der Waals surface area contributed by atoms with Crippen molar-refractivity contribution in [1.29, 1.82) is 0 Å². The Morgan fingerprint density at radius 2 is 1.15 bits per heavy atom. The van der Waals surface area contributed by atoms with Crippen LogP contribution < -0.4 is 16.0 Å². The average molecular weight is 1120 g/mol. The summed E-state index contributed by atoms with van der Waals surface area (Å²) in [5.74, 6) is -7.55. The molecule has 2 saturated heterocycles. The molecule has 2 aliphatic heterocycles. The number of ether oxygens (including phenoxy) is 1. The Balaban J connectivity index is 1.65. The second-order valence-electron chi connectivity index (χ2n) is 23.8. The minimum Gasteiger partial charge on any atom is -0.419 e. The van der Waals surface area contributed by atoms with Gasteiger partial charge in [0.1, 0.15) is 54.0 Å². The Labute approximate surface area is 474 Å². The third-order valence-corrected chi connectivity index (χ3v) is 16.1. The van der Waals surface area contributed by atoms with Crippen LogP contribution in [-0.2, 0) is 60.7 Å². The molecule has 11 atom stereocenters. The van der Waals surface area contributed by atoms with Gasteiger partial charge < -0.3 is 50.5 Å². The number of cyclic esters (lactones) is 1. The first kappa shape index (κ1) is 66.1. The summed E-state index contributed by atoms with van der Waals surface area (Å²) in [4.78, 5) is 135. The minimum absolute atomic E-state index is 0.0306. The molecule has 444 valence electrons. The molecule has 2 aromatic rings. The number of hydrogen-bond acceptors (Lipinski definition) is 12. The maximum atomic E-state index is 15.3. The van der Waals surface area contributed by atoms with Crippen LogP contribution in [0.2, 0.25) is 0 Å². The first-order valence-electron chi connectivity index (χ1n) is 28.4. The van der Waals surface area contributed by atoms with E-state index in [1.54, 1.807) is 53.7 Å². The largest absolute Gasteiger partial charge is 0.419 e. The third-order valence-electron chi connectivity index (χ3n) is 16.1. The number of likely N-dealkylation sites (N-methyl/N-ethyl adjacent to an activating group) is 4. The van der Waals surface area contributed by atoms with Crippen LogP contribution in [0.3, 0.4) is 0 Å². The lowest BCUT2D eigenvalue weighted by Crippen LogP contribution is -2.63. The highest BCUT2D eigenvalue weighted by Crippen LogP contribution is 2.43. The SMILES string of the molecule is CCC(C)C(O)C(=O)N(C)[C@H](C(=O)N[C@@H](Cc1ccccc1)C(=O)N(C)[C@@H](Cc1ccccc1)C(=O)N1CCC[C@H]1C(=O)N[C@H](C(=O)N(C)[C@H](C(=O)N[C@@H](CC(C)C)C(=O)N(C)[C@]1(C(C)(C)O)OC1=O)C(C)C)[C@H](C)CC)C(C)C. The van der Waals surface area contributed by atoms with Gasteiger partial charge in [-0.2, -0.15) is 0 Å². The summed E-state index contributed by atoms with van der Waals surface area (Å²) in [5, 5.41) is 30.4. The van der Waals surface area contributed by atoms with Crippen LogP contribution in [0.25, 0.3) is 0 Å². The van der Waals surface area contributed by atoms with Crippen molar-refractivity contribution in [2.75, 3.05) is 34.7 Å². The van der Waals surface area contributed by atoms with E-state index in [1.165, 1.54) is 61.6 Å². The predicted molar refractivity (Wildman–Crippen MR) is 302 cm³/mol. The quantitative estimate of drug-likeness (QED) is 0.0765. The molecule has 2 fully saturated rings. The third kappa shape index (κ3) is 15.5. The normalized spacial score (nSPS) is 19.5. The number of likely N-dealkylation sites (tertiary alicyclic amines) is 1. The van der Waals surface area contributed by atoms with E-state index < -0.39 is 131 Å². The molecule has 0 saturated carbocycles. The van der Waals surface area contributed by atoms with E-state index in [0.29, 0.717) is 24.8 Å². The summed E-state index contributed by atoms with van der Waals surface area (Å²) in [5.41, 5.74) is -2.26. The van der Waals surface area contributed by atoms with Gasteiger partial charge in [-0.1, -0.05) is 143 Å². The molecular weight excluding hydrogens is 1020 g/mol. The average Bonchev–Trinajstić information content (AvgIpc) is 3.87. The van der Waals surface area contributed by atoms with Gasteiger partial charge in [-0.15, -0.1) is 0 Å². The number of carbonyl (C=O) groups is 9. The number of aliphatic hydroxyl groups is 2. The van der Waals surface area contributed by atoms with E-state index in [-0.39, 0.29) is 44.1 Å². The highest BCUT2D eigenvalue weighted by Gasteiger charge is 2.72. The van der Waals surface area contributed by atoms with Gasteiger partial charge in [0.25, 0.3) is 5.91 Å². The molecule has 0 radical (unpaired) electrons. The van der Waals surface area contributed by atoms with Crippen LogP contribution in [0.15, 0.2) is 60.7 Å². The predicted octanol–water partition coefficient (Wildman–Crippen LogP) is 3.69. The second-order valence-corrected chi connectivity index (χ2v) is 23.8. The van der Waals surface area contributed by atoms with E-state index in [1.807, 2.05) is 76.2 Å². The van der Waals surface area contributed by atoms with Crippen LogP contribution in [0.1, 0.15) is 126 Å². The van der Waals surface area contributed by atoms with Crippen LogP contribution in [-0.4, -0.2) is 182 Å². The summed E-state index contributed by atoms with van der Waals surface area (Å²) < 4.78 is 5.20. The van der Waals surface area contributed by atoms with Gasteiger partial charge in [0.15, 0.2) is 0 Å². The maximum absolute atomic E-state index is 15.3. The Hall–Kier alpha value is -6.41. The number of carbonyl (C=O) groups excluding carboxylic acids is 9. The lowest BCUT2D eigenvalue weighted by atomic mass is 9.94. The smallest absolute Gasteiger partial charge is 0.378 e. The molecule has 0 aliphatic carbocycles. The van der Waals surface area contributed by atoms with Gasteiger partial charge in [0.05, 0.1) is 0 Å². The zero-order valence-electron chi connectivity index (χ0n) is 50.1. The van der Waals surface area contributed by atoms with Crippen molar-refractivity contribution in [3.8, 4) is 0 Å². The van der Waals surface area contributed by atoms with Gasteiger partial charge in [-0.3, -0.25) is 43.3 Å². The van der Waals surface area contributed by atoms with Crippen molar-refractivity contribution in [1.82, 2.24) is 40.4 Å². The molecule has 5 N–H and O–H groups in total. The fraction of sp³-hybridized carbons (Fsp3) is 0.650. The fourth-order valence-corrected chi connectivity index (χ4v) is 10.8. The molecule has 2 aromatic carbocycles. The van der Waals surface area contributed by atoms with E-state index in [4.69, 9.17) is 4.74 Å². The second kappa shape index (κ2) is 28.3. The highest BCUT2D eigenvalue weighted by atomic mass is 16.7. The number of epoxide rings is 1. The highest BCUT2D eigenvalue weighted by molar-refractivity contribution is 6.01.